The first-order valence-corrected chi connectivity index (χ1v) is 4.32. The van der Waals surface area contributed by atoms with E-state index in [0.717, 1.165) is 5.56 Å². The largest absolute Gasteiger partial charge is 0.481 e. The smallest absolute Gasteiger partial charge is 0.309 e. The van der Waals surface area contributed by atoms with Crippen LogP contribution in [0.25, 0.3) is 11.5 Å². The average Bonchev–Trinajstić information content (AvgIpc) is 2.69. The Morgan fingerprint density at radius 1 is 1.40 bits per heavy atom. The maximum absolute atomic E-state index is 10.5. The molecule has 0 fully saturated rings. The third-order valence-electron chi connectivity index (χ3n) is 1.83. The van der Waals surface area contributed by atoms with Crippen molar-refractivity contribution in [3.63, 3.8) is 0 Å². The number of hydrogen-bond donors (Lipinski definition) is 1. The lowest BCUT2D eigenvalue weighted by Crippen LogP contribution is -2.02. The second-order valence-electron chi connectivity index (χ2n) is 2.94. The second-order valence-corrected chi connectivity index (χ2v) is 2.94. The van der Waals surface area contributed by atoms with Gasteiger partial charge < -0.3 is 9.52 Å². The molecule has 0 bridgehead atoms. The SMILES string of the molecule is O=C(O)Cc1cc(-c2ncco2)ccn1. The number of rotatable bonds is 3. The predicted molar refractivity (Wildman–Crippen MR) is 51.1 cm³/mol. The average molecular weight is 204 g/mol. The van der Waals surface area contributed by atoms with Crippen molar-refractivity contribution in [2.45, 2.75) is 6.42 Å². The van der Waals surface area contributed by atoms with Crippen molar-refractivity contribution in [3.8, 4) is 11.5 Å². The fourth-order valence-electron chi connectivity index (χ4n) is 1.23. The third-order valence-corrected chi connectivity index (χ3v) is 1.83. The molecule has 0 spiro atoms. The zero-order chi connectivity index (χ0) is 10.7. The molecule has 1 N–H and O–H groups in total. The first kappa shape index (κ1) is 9.39. The number of aromatic nitrogens is 2. The quantitative estimate of drug-likeness (QED) is 0.816. The Morgan fingerprint density at radius 3 is 2.93 bits per heavy atom. The predicted octanol–water partition coefficient (Wildman–Crippen LogP) is 1.36. The van der Waals surface area contributed by atoms with Crippen molar-refractivity contribution in [1.82, 2.24) is 9.97 Å². The molecule has 5 heteroatoms. The van der Waals surface area contributed by atoms with Crippen LogP contribution in [0.5, 0.6) is 0 Å². The molecule has 0 aromatic carbocycles. The number of oxazole rings is 1. The first-order chi connectivity index (χ1) is 7.25. The van der Waals surface area contributed by atoms with Gasteiger partial charge in [0.15, 0.2) is 0 Å². The van der Waals surface area contributed by atoms with Crippen molar-refractivity contribution in [1.29, 1.82) is 0 Å². The van der Waals surface area contributed by atoms with Gasteiger partial charge in [-0.15, -0.1) is 0 Å². The van der Waals surface area contributed by atoms with Crippen LogP contribution in [0.3, 0.4) is 0 Å². The van der Waals surface area contributed by atoms with E-state index in [1.807, 2.05) is 0 Å². The highest BCUT2D eigenvalue weighted by molar-refractivity contribution is 5.70. The lowest BCUT2D eigenvalue weighted by Gasteiger charge is -1.98. The van der Waals surface area contributed by atoms with E-state index in [9.17, 15) is 4.79 Å². The van der Waals surface area contributed by atoms with Crippen LogP contribution in [-0.2, 0) is 11.2 Å². The number of aliphatic carboxylic acids is 1. The number of carbonyl (C=O) groups is 1. The highest BCUT2D eigenvalue weighted by Crippen LogP contribution is 2.16. The van der Waals surface area contributed by atoms with E-state index >= 15 is 0 Å². The standard InChI is InChI=1S/C10H8N2O3/c13-9(14)6-8-5-7(1-2-11-8)10-12-3-4-15-10/h1-5H,6H2,(H,13,14). The van der Waals surface area contributed by atoms with E-state index in [-0.39, 0.29) is 6.42 Å². The summed E-state index contributed by atoms with van der Waals surface area (Å²) in [6, 6.07) is 3.37. The van der Waals surface area contributed by atoms with Gasteiger partial charge in [-0.25, -0.2) is 4.98 Å². The van der Waals surface area contributed by atoms with Crippen LogP contribution in [-0.4, -0.2) is 21.0 Å². The molecule has 0 saturated heterocycles. The Morgan fingerprint density at radius 2 is 2.27 bits per heavy atom. The van der Waals surface area contributed by atoms with Crippen molar-refractivity contribution in [2.75, 3.05) is 0 Å². The van der Waals surface area contributed by atoms with Crippen molar-refractivity contribution >= 4 is 5.97 Å². The molecule has 0 atom stereocenters. The van der Waals surface area contributed by atoms with E-state index < -0.39 is 5.97 Å². The number of carboxylic acids is 1. The fraction of sp³-hybridized carbons (Fsp3) is 0.100. The lowest BCUT2D eigenvalue weighted by molar-refractivity contribution is -0.136. The third kappa shape index (κ3) is 2.19. The van der Waals surface area contributed by atoms with Crippen LogP contribution in [0.4, 0.5) is 0 Å². The van der Waals surface area contributed by atoms with Gasteiger partial charge in [-0.1, -0.05) is 0 Å². The van der Waals surface area contributed by atoms with Gasteiger partial charge in [-0.05, 0) is 12.1 Å². The molecule has 2 aromatic heterocycles. The lowest BCUT2D eigenvalue weighted by atomic mass is 10.2. The molecule has 0 amide bonds. The zero-order valence-electron chi connectivity index (χ0n) is 7.75. The summed E-state index contributed by atoms with van der Waals surface area (Å²) >= 11 is 0. The molecule has 2 heterocycles. The molecular formula is C10H8N2O3. The van der Waals surface area contributed by atoms with Crippen LogP contribution in [0.2, 0.25) is 0 Å². The monoisotopic (exact) mass is 204 g/mol. The molecule has 15 heavy (non-hydrogen) atoms. The van der Waals surface area contributed by atoms with Gasteiger partial charge in [0.05, 0.1) is 18.3 Å². The normalized spacial score (nSPS) is 10.1. The maximum Gasteiger partial charge on any atom is 0.309 e. The molecule has 0 aliphatic carbocycles. The van der Waals surface area contributed by atoms with E-state index in [0.29, 0.717) is 11.6 Å². The minimum atomic E-state index is -0.910. The van der Waals surface area contributed by atoms with Crippen molar-refractivity contribution in [3.05, 3.63) is 36.5 Å². The molecule has 2 aromatic rings. The number of carboxylic acid groups (broad SMARTS) is 1. The molecule has 0 aliphatic heterocycles. The molecule has 0 saturated carbocycles. The Kier molecular flexibility index (Phi) is 2.45. The summed E-state index contributed by atoms with van der Waals surface area (Å²) in [4.78, 5) is 18.4. The molecule has 5 nitrogen and oxygen atoms in total. The summed E-state index contributed by atoms with van der Waals surface area (Å²) in [6.45, 7) is 0. The molecule has 0 radical (unpaired) electrons. The fourth-order valence-corrected chi connectivity index (χ4v) is 1.23. The Labute approximate surface area is 85.4 Å². The van der Waals surface area contributed by atoms with Crippen LogP contribution in [0.1, 0.15) is 5.69 Å². The molecule has 0 unspecified atom stereocenters. The summed E-state index contributed by atoms with van der Waals surface area (Å²) in [5, 5.41) is 8.61. The van der Waals surface area contributed by atoms with Crippen LogP contribution in [0, 0.1) is 0 Å². The highest BCUT2D eigenvalue weighted by Gasteiger charge is 2.06. The van der Waals surface area contributed by atoms with Crippen molar-refractivity contribution < 1.29 is 14.3 Å². The summed E-state index contributed by atoms with van der Waals surface area (Å²) < 4.78 is 5.09. The van der Waals surface area contributed by atoms with Gasteiger partial charge in [-0.2, -0.15) is 0 Å². The molecular weight excluding hydrogens is 196 g/mol. The summed E-state index contributed by atoms with van der Waals surface area (Å²) in [7, 11) is 0. The van der Waals surface area contributed by atoms with E-state index in [1.54, 1.807) is 12.1 Å². The van der Waals surface area contributed by atoms with Gasteiger partial charge in [-0.3, -0.25) is 9.78 Å². The number of hydrogen-bond acceptors (Lipinski definition) is 4. The van der Waals surface area contributed by atoms with Gasteiger partial charge in [0.2, 0.25) is 5.89 Å². The van der Waals surface area contributed by atoms with Crippen LogP contribution in [0.15, 0.2) is 35.2 Å². The van der Waals surface area contributed by atoms with Crippen LogP contribution < -0.4 is 0 Å². The Balaban J connectivity index is 2.31. The zero-order valence-corrected chi connectivity index (χ0v) is 7.75. The molecule has 2 rings (SSSR count). The first-order valence-electron chi connectivity index (χ1n) is 4.32. The van der Waals surface area contributed by atoms with Gasteiger partial charge in [0.25, 0.3) is 0 Å². The van der Waals surface area contributed by atoms with E-state index in [4.69, 9.17) is 9.52 Å². The Bertz CT molecular complexity index is 465. The summed E-state index contributed by atoms with van der Waals surface area (Å²) in [5.41, 5.74) is 1.21. The topological polar surface area (TPSA) is 76.2 Å². The van der Waals surface area contributed by atoms with Gasteiger partial charge in [0.1, 0.15) is 6.26 Å². The summed E-state index contributed by atoms with van der Waals surface area (Å²) in [5.74, 6) is -0.448. The number of nitrogens with zero attached hydrogens (tertiary/aromatic N) is 2. The maximum atomic E-state index is 10.5. The number of pyridine rings is 1. The van der Waals surface area contributed by atoms with E-state index in [2.05, 4.69) is 9.97 Å². The Hall–Kier alpha value is -2.17. The van der Waals surface area contributed by atoms with E-state index in [1.165, 1.54) is 18.7 Å². The highest BCUT2D eigenvalue weighted by atomic mass is 16.4. The minimum Gasteiger partial charge on any atom is -0.481 e. The van der Waals surface area contributed by atoms with Crippen molar-refractivity contribution in [2.24, 2.45) is 0 Å². The van der Waals surface area contributed by atoms with Gasteiger partial charge >= 0.3 is 5.97 Å². The minimum absolute atomic E-state index is 0.103. The summed E-state index contributed by atoms with van der Waals surface area (Å²) in [6.07, 6.45) is 4.44. The second kappa shape index (κ2) is 3.91. The molecule has 0 aliphatic rings. The van der Waals surface area contributed by atoms with Gasteiger partial charge in [0, 0.05) is 11.8 Å². The van der Waals surface area contributed by atoms with Crippen LogP contribution >= 0.6 is 0 Å². The molecule has 76 valence electrons.